The van der Waals surface area contributed by atoms with E-state index in [-0.39, 0.29) is 29.8 Å². The maximum Gasteiger partial charge on any atom is 0.216 e. The van der Waals surface area contributed by atoms with Crippen molar-refractivity contribution in [2.75, 3.05) is 19.3 Å². The molecule has 0 amide bonds. The van der Waals surface area contributed by atoms with Crippen molar-refractivity contribution in [1.29, 1.82) is 0 Å². The van der Waals surface area contributed by atoms with Crippen LogP contribution in [0.4, 0.5) is 4.39 Å². The number of amidine groups is 1. The van der Waals surface area contributed by atoms with Crippen LogP contribution in [-0.4, -0.2) is 32.9 Å². The van der Waals surface area contributed by atoms with Crippen LogP contribution in [0.25, 0.3) is 0 Å². The molecule has 0 radical (unpaired) electrons. The molecule has 2 aromatic carbocycles. The smallest absolute Gasteiger partial charge is 0.216 e. The summed E-state index contributed by atoms with van der Waals surface area (Å²) in [4.78, 5) is 3.83. The fourth-order valence-electron chi connectivity index (χ4n) is 2.66. The lowest BCUT2D eigenvalue weighted by molar-refractivity contribution is 0.0361. The summed E-state index contributed by atoms with van der Waals surface area (Å²) in [6, 6.07) is 15.7. The third kappa shape index (κ3) is 6.15. The van der Waals surface area contributed by atoms with Crippen molar-refractivity contribution in [3.05, 3.63) is 71.5 Å². The summed E-state index contributed by atoms with van der Waals surface area (Å²) in [7, 11) is -2.10. The molecule has 7 heteroatoms. The van der Waals surface area contributed by atoms with Gasteiger partial charge >= 0.3 is 0 Å². The molecule has 0 bridgehead atoms. The van der Waals surface area contributed by atoms with Gasteiger partial charge in [-0.25, -0.2) is 12.8 Å². The first-order chi connectivity index (χ1) is 13.0. The summed E-state index contributed by atoms with van der Waals surface area (Å²) in [5.41, 5.74) is 1.28. The number of nitrogens with zero attached hydrogens (tertiary/aromatic N) is 1. The highest BCUT2D eigenvalue weighted by molar-refractivity contribution is 8.06. The van der Waals surface area contributed by atoms with Gasteiger partial charge in [0.15, 0.2) is 0 Å². The lowest BCUT2D eigenvalue weighted by Crippen LogP contribution is -2.33. The second-order valence-electron chi connectivity index (χ2n) is 5.97. The lowest BCUT2D eigenvalue weighted by atomic mass is 10.1. The molecule has 1 N–H and O–H groups in total. The third-order valence-electron chi connectivity index (χ3n) is 4.04. The van der Waals surface area contributed by atoms with Crippen molar-refractivity contribution >= 4 is 15.0 Å². The number of ether oxygens (including phenoxy) is 1. The highest BCUT2D eigenvalue weighted by Crippen LogP contribution is 2.24. The molecule has 0 aliphatic heterocycles. The Morgan fingerprint density at radius 2 is 1.81 bits per heavy atom. The van der Waals surface area contributed by atoms with E-state index in [1.165, 1.54) is 13.1 Å². The standard InChI is InChI=1S/C20H25FN2O3S/c1-3-23-20(22-2)27(24,25)14-13-19(16-9-5-4-6-10-16)26-15-17-11-7-8-12-18(17)21/h4-12,19H,3,13-15H2,1-2H3,(H,22,23). The molecule has 146 valence electrons. The van der Waals surface area contributed by atoms with Crippen molar-refractivity contribution in [1.82, 2.24) is 5.32 Å². The quantitative estimate of drug-likeness (QED) is 0.552. The van der Waals surface area contributed by atoms with Gasteiger partial charge in [-0.15, -0.1) is 0 Å². The van der Waals surface area contributed by atoms with Crippen LogP contribution < -0.4 is 5.32 Å². The van der Waals surface area contributed by atoms with Crippen molar-refractivity contribution in [2.24, 2.45) is 4.99 Å². The molecule has 0 spiro atoms. The van der Waals surface area contributed by atoms with Crippen LogP contribution in [0.15, 0.2) is 59.6 Å². The monoisotopic (exact) mass is 392 g/mol. The van der Waals surface area contributed by atoms with Gasteiger partial charge < -0.3 is 10.1 Å². The number of sulfone groups is 1. The normalized spacial score (nSPS) is 13.4. The molecule has 2 aromatic rings. The van der Waals surface area contributed by atoms with Crippen LogP contribution >= 0.6 is 0 Å². The first-order valence-electron chi connectivity index (χ1n) is 8.81. The molecule has 1 unspecified atom stereocenters. The summed E-state index contributed by atoms with van der Waals surface area (Å²) in [6.45, 7) is 2.34. The lowest BCUT2D eigenvalue weighted by Gasteiger charge is -2.19. The van der Waals surface area contributed by atoms with Crippen molar-refractivity contribution < 1.29 is 17.5 Å². The molecule has 0 saturated heterocycles. The van der Waals surface area contributed by atoms with Gasteiger partial charge in [0.25, 0.3) is 0 Å². The molecule has 27 heavy (non-hydrogen) atoms. The first kappa shape index (κ1) is 21.1. The maximum absolute atomic E-state index is 13.9. The molecule has 0 aliphatic rings. The van der Waals surface area contributed by atoms with Crippen LogP contribution in [-0.2, 0) is 21.2 Å². The minimum atomic E-state index is -3.54. The fourth-order valence-corrected chi connectivity index (χ4v) is 4.02. The predicted molar refractivity (Wildman–Crippen MR) is 106 cm³/mol. The van der Waals surface area contributed by atoms with E-state index in [0.29, 0.717) is 12.1 Å². The summed E-state index contributed by atoms with van der Waals surface area (Å²) in [6.07, 6.45) is -0.231. The number of rotatable bonds is 8. The molecule has 2 rings (SSSR count). The zero-order chi connectivity index (χ0) is 19.7. The molecule has 0 fully saturated rings. The second-order valence-corrected chi connectivity index (χ2v) is 7.99. The highest BCUT2D eigenvalue weighted by atomic mass is 32.2. The highest BCUT2D eigenvalue weighted by Gasteiger charge is 2.22. The summed E-state index contributed by atoms with van der Waals surface area (Å²) >= 11 is 0. The summed E-state index contributed by atoms with van der Waals surface area (Å²) < 4.78 is 44.8. The van der Waals surface area contributed by atoms with Crippen LogP contribution in [0.1, 0.15) is 30.6 Å². The Labute approximate surface area is 160 Å². The van der Waals surface area contributed by atoms with Crippen LogP contribution in [0.2, 0.25) is 0 Å². The minimum Gasteiger partial charge on any atom is -0.369 e. The molecular weight excluding hydrogens is 367 g/mol. The molecule has 0 aromatic heterocycles. The molecule has 5 nitrogen and oxygen atoms in total. The molecule has 1 atom stereocenters. The van der Waals surface area contributed by atoms with Gasteiger partial charge in [-0.05, 0) is 25.0 Å². The average molecular weight is 392 g/mol. The fraction of sp³-hybridized carbons (Fsp3) is 0.350. The van der Waals surface area contributed by atoms with E-state index in [9.17, 15) is 12.8 Å². The van der Waals surface area contributed by atoms with Gasteiger partial charge in [0.05, 0.1) is 18.5 Å². The SMILES string of the molecule is CCNC(=NC)S(=O)(=O)CCC(OCc1ccccc1F)c1ccccc1. The zero-order valence-corrected chi connectivity index (χ0v) is 16.4. The molecular formula is C20H25FN2O3S. The molecule has 0 saturated carbocycles. The Morgan fingerprint density at radius 1 is 1.15 bits per heavy atom. The van der Waals surface area contributed by atoms with Gasteiger partial charge in [-0.1, -0.05) is 48.5 Å². The van der Waals surface area contributed by atoms with E-state index >= 15 is 0 Å². The van der Waals surface area contributed by atoms with Gasteiger partial charge in [0.1, 0.15) is 5.82 Å². The van der Waals surface area contributed by atoms with Crippen molar-refractivity contribution in [3.8, 4) is 0 Å². The maximum atomic E-state index is 13.9. The minimum absolute atomic E-state index is 0.0223. The predicted octanol–water partition coefficient (Wildman–Crippen LogP) is 3.48. The second kappa shape index (κ2) is 10.2. The summed E-state index contributed by atoms with van der Waals surface area (Å²) in [5.74, 6) is -0.465. The van der Waals surface area contributed by atoms with Crippen LogP contribution in [0, 0.1) is 5.82 Å². The van der Waals surface area contributed by atoms with E-state index < -0.39 is 15.9 Å². The number of hydrogen-bond acceptors (Lipinski definition) is 4. The zero-order valence-electron chi connectivity index (χ0n) is 15.6. The van der Waals surface area contributed by atoms with Crippen molar-refractivity contribution in [2.45, 2.75) is 26.1 Å². The Morgan fingerprint density at radius 3 is 2.44 bits per heavy atom. The van der Waals surface area contributed by atoms with Crippen molar-refractivity contribution in [3.63, 3.8) is 0 Å². The van der Waals surface area contributed by atoms with Gasteiger partial charge in [-0.2, -0.15) is 0 Å². The Balaban J connectivity index is 2.13. The van der Waals surface area contributed by atoms with Gasteiger partial charge in [-0.3, -0.25) is 4.99 Å². The molecule has 0 heterocycles. The summed E-state index contributed by atoms with van der Waals surface area (Å²) in [5, 5.41) is 2.75. The Bertz CT molecular complexity index is 855. The largest absolute Gasteiger partial charge is 0.369 e. The van der Waals surface area contributed by atoms with E-state index in [1.807, 2.05) is 37.3 Å². The number of aliphatic imine (C=N–C) groups is 1. The van der Waals surface area contributed by atoms with Crippen LogP contribution in [0.3, 0.4) is 0 Å². The Kier molecular flexibility index (Phi) is 7.94. The van der Waals surface area contributed by atoms with Crippen LogP contribution in [0.5, 0.6) is 0 Å². The van der Waals surface area contributed by atoms with E-state index in [2.05, 4.69) is 10.3 Å². The number of benzene rings is 2. The Hall–Kier alpha value is -2.25. The van der Waals surface area contributed by atoms with Gasteiger partial charge in [0, 0.05) is 19.2 Å². The topological polar surface area (TPSA) is 67.8 Å². The van der Waals surface area contributed by atoms with E-state index in [1.54, 1.807) is 18.2 Å². The molecule has 0 aliphatic carbocycles. The number of hydrogen-bond donors (Lipinski definition) is 1. The first-order valence-corrected chi connectivity index (χ1v) is 10.5. The number of nitrogens with one attached hydrogen (secondary N) is 1. The van der Waals surface area contributed by atoms with E-state index in [4.69, 9.17) is 4.74 Å². The van der Waals surface area contributed by atoms with E-state index in [0.717, 1.165) is 5.56 Å². The third-order valence-corrected chi connectivity index (χ3v) is 5.73. The number of halogens is 1. The van der Waals surface area contributed by atoms with Gasteiger partial charge in [0.2, 0.25) is 15.0 Å². The average Bonchev–Trinajstić information content (AvgIpc) is 2.68.